The molecule has 0 spiro atoms. The van der Waals surface area contributed by atoms with Gasteiger partial charge in [-0.15, -0.1) is 0 Å². The van der Waals surface area contributed by atoms with E-state index in [4.69, 9.17) is 0 Å². The maximum absolute atomic E-state index is 12.3. The summed E-state index contributed by atoms with van der Waals surface area (Å²) >= 11 is 0. The maximum atomic E-state index is 12.3. The first kappa shape index (κ1) is 19.4. The molecule has 27 heavy (non-hydrogen) atoms. The Morgan fingerprint density at radius 1 is 1.15 bits per heavy atom. The van der Waals surface area contributed by atoms with Gasteiger partial charge in [0.15, 0.2) is 0 Å². The zero-order chi connectivity index (χ0) is 19.1. The van der Waals surface area contributed by atoms with Gasteiger partial charge >= 0.3 is 0 Å². The van der Waals surface area contributed by atoms with Crippen molar-refractivity contribution in [2.75, 3.05) is 23.8 Å². The van der Waals surface area contributed by atoms with Crippen LogP contribution in [0.5, 0.6) is 0 Å². The summed E-state index contributed by atoms with van der Waals surface area (Å²) in [5.41, 5.74) is 3.21. The Labute approximate surface area is 162 Å². The van der Waals surface area contributed by atoms with E-state index < -0.39 is 0 Å². The Kier molecular flexibility index (Phi) is 6.82. The first-order valence-corrected chi connectivity index (χ1v) is 9.92. The summed E-state index contributed by atoms with van der Waals surface area (Å²) in [4.78, 5) is 18.9. The van der Waals surface area contributed by atoms with Gasteiger partial charge in [0, 0.05) is 44.5 Å². The molecule has 1 aromatic heterocycles. The van der Waals surface area contributed by atoms with Gasteiger partial charge in [-0.25, -0.2) is 4.98 Å². The van der Waals surface area contributed by atoms with E-state index in [1.165, 1.54) is 12.8 Å². The third kappa shape index (κ3) is 5.54. The largest absolute Gasteiger partial charge is 0.360 e. The lowest BCUT2D eigenvalue weighted by atomic mass is 10.1. The second kappa shape index (κ2) is 9.51. The van der Waals surface area contributed by atoms with E-state index >= 15 is 0 Å². The van der Waals surface area contributed by atoms with Gasteiger partial charge in [0.25, 0.3) is 0 Å². The molecular weight excluding hydrogens is 336 g/mol. The molecule has 3 rings (SSSR count). The molecule has 1 fully saturated rings. The van der Waals surface area contributed by atoms with Gasteiger partial charge in [0.2, 0.25) is 5.91 Å². The fourth-order valence-corrected chi connectivity index (χ4v) is 3.45. The van der Waals surface area contributed by atoms with E-state index in [-0.39, 0.29) is 11.8 Å². The van der Waals surface area contributed by atoms with Crippen LogP contribution in [0.4, 0.5) is 11.5 Å². The Balaban J connectivity index is 1.48. The number of nitrogens with zero attached hydrogens (tertiary/aromatic N) is 2. The molecule has 2 aromatic rings. The molecule has 144 valence electrons. The molecule has 5 heteroatoms. The lowest BCUT2D eigenvalue weighted by Gasteiger charge is -2.15. The van der Waals surface area contributed by atoms with Crippen molar-refractivity contribution in [2.24, 2.45) is 5.92 Å². The minimum absolute atomic E-state index is 0.167. The number of amides is 1. The molecule has 1 saturated carbocycles. The number of carbonyl (C=O) groups is 1. The Hall–Kier alpha value is -2.40. The summed E-state index contributed by atoms with van der Waals surface area (Å²) in [6, 6.07) is 12.3. The molecule has 5 nitrogen and oxygen atoms in total. The highest BCUT2D eigenvalue weighted by Crippen LogP contribution is 2.26. The van der Waals surface area contributed by atoms with Crippen LogP contribution < -0.4 is 15.5 Å². The average Bonchev–Trinajstić information content (AvgIpc) is 3.23. The van der Waals surface area contributed by atoms with Crippen molar-refractivity contribution in [3.8, 4) is 0 Å². The van der Waals surface area contributed by atoms with Crippen molar-refractivity contribution in [1.82, 2.24) is 10.3 Å². The highest BCUT2D eigenvalue weighted by Gasteiger charge is 2.22. The highest BCUT2D eigenvalue weighted by atomic mass is 16.1. The van der Waals surface area contributed by atoms with Crippen LogP contribution in [0.3, 0.4) is 0 Å². The standard InChI is InChI=1S/C22H30N4O/c1-3-26(2)21-12-11-18(16-24-21)15-23-14-17-7-6-10-20(13-17)25-22(27)19-8-4-5-9-19/h6-7,10-13,16,19,23H,3-5,8-9,14-15H2,1-2H3,(H,25,27). The number of nitrogens with one attached hydrogen (secondary N) is 2. The molecule has 0 bridgehead atoms. The van der Waals surface area contributed by atoms with Crippen LogP contribution in [0.25, 0.3) is 0 Å². The molecule has 2 N–H and O–H groups in total. The first-order valence-electron chi connectivity index (χ1n) is 9.92. The summed E-state index contributed by atoms with van der Waals surface area (Å²) in [6.07, 6.45) is 6.31. The summed E-state index contributed by atoms with van der Waals surface area (Å²) in [5, 5.41) is 6.52. The molecule has 1 aliphatic rings. The van der Waals surface area contributed by atoms with Gasteiger partial charge in [-0.3, -0.25) is 4.79 Å². The fraction of sp³-hybridized carbons (Fsp3) is 0.455. The molecule has 1 aliphatic carbocycles. The third-order valence-electron chi connectivity index (χ3n) is 5.25. The van der Waals surface area contributed by atoms with E-state index in [0.29, 0.717) is 0 Å². The SMILES string of the molecule is CCN(C)c1ccc(CNCc2cccc(NC(=O)C3CCCC3)c2)cn1. The van der Waals surface area contributed by atoms with Crippen molar-refractivity contribution < 1.29 is 4.79 Å². The Bertz CT molecular complexity index is 738. The van der Waals surface area contributed by atoms with Crippen LogP contribution in [0.1, 0.15) is 43.7 Å². The number of pyridine rings is 1. The third-order valence-corrected chi connectivity index (χ3v) is 5.25. The van der Waals surface area contributed by atoms with Crippen molar-refractivity contribution >= 4 is 17.4 Å². The molecule has 1 heterocycles. The van der Waals surface area contributed by atoms with E-state index in [1.807, 2.05) is 25.4 Å². The topological polar surface area (TPSA) is 57.3 Å². The van der Waals surface area contributed by atoms with Gasteiger partial charge in [0.1, 0.15) is 5.82 Å². The number of rotatable bonds is 8. The zero-order valence-electron chi connectivity index (χ0n) is 16.4. The lowest BCUT2D eigenvalue weighted by molar-refractivity contribution is -0.119. The highest BCUT2D eigenvalue weighted by molar-refractivity contribution is 5.92. The van der Waals surface area contributed by atoms with E-state index in [1.54, 1.807) is 0 Å². The maximum Gasteiger partial charge on any atom is 0.227 e. The van der Waals surface area contributed by atoms with Gasteiger partial charge in [0.05, 0.1) is 0 Å². The molecule has 0 unspecified atom stereocenters. The Morgan fingerprint density at radius 2 is 1.93 bits per heavy atom. The zero-order valence-corrected chi connectivity index (χ0v) is 16.4. The minimum Gasteiger partial charge on any atom is -0.360 e. The summed E-state index contributed by atoms with van der Waals surface area (Å²) < 4.78 is 0. The number of benzene rings is 1. The van der Waals surface area contributed by atoms with Crippen LogP contribution in [0.15, 0.2) is 42.6 Å². The summed E-state index contributed by atoms with van der Waals surface area (Å²) in [6.45, 7) is 4.57. The molecular formula is C22H30N4O. The second-order valence-corrected chi connectivity index (χ2v) is 7.31. The van der Waals surface area contributed by atoms with Crippen molar-refractivity contribution in [3.63, 3.8) is 0 Å². The monoisotopic (exact) mass is 366 g/mol. The van der Waals surface area contributed by atoms with Crippen LogP contribution in [-0.2, 0) is 17.9 Å². The predicted octanol–water partition coefficient (Wildman–Crippen LogP) is 3.96. The van der Waals surface area contributed by atoms with E-state index in [0.717, 1.165) is 55.1 Å². The molecule has 0 atom stereocenters. The van der Waals surface area contributed by atoms with Crippen LogP contribution in [-0.4, -0.2) is 24.5 Å². The van der Waals surface area contributed by atoms with Gasteiger partial charge < -0.3 is 15.5 Å². The molecule has 0 aliphatic heterocycles. The van der Waals surface area contributed by atoms with Crippen LogP contribution >= 0.6 is 0 Å². The van der Waals surface area contributed by atoms with Crippen LogP contribution in [0, 0.1) is 5.92 Å². The van der Waals surface area contributed by atoms with E-state index in [2.05, 4.69) is 51.7 Å². The van der Waals surface area contributed by atoms with E-state index in [9.17, 15) is 4.79 Å². The smallest absolute Gasteiger partial charge is 0.227 e. The molecule has 0 saturated heterocycles. The quantitative estimate of drug-likeness (QED) is 0.743. The molecule has 1 amide bonds. The van der Waals surface area contributed by atoms with Gasteiger partial charge in [-0.1, -0.05) is 31.0 Å². The minimum atomic E-state index is 0.167. The number of hydrogen-bond acceptors (Lipinski definition) is 4. The normalized spacial score (nSPS) is 14.3. The second-order valence-electron chi connectivity index (χ2n) is 7.31. The fourth-order valence-electron chi connectivity index (χ4n) is 3.45. The number of carbonyl (C=O) groups excluding carboxylic acids is 1. The van der Waals surface area contributed by atoms with Crippen LogP contribution in [0.2, 0.25) is 0 Å². The molecule has 0 radical (unpaired) electrons. The lowest BCUT2D eigenvalue weighted by Crippen LogP contribution is -2.20. The number of aromatic nitrogens is 1. The summed E-state index contributed by atoms with van der Waals surface area (Å²) in [7, 11) is 2.04. The van der Waals surface area contributed by atoms with Crippen molar-refractivity contribution in [3.05, 3.63) is 53.7 Å². The predicted molar refractivity (Wildman–Crippen MR) is 111 cm³/mol. The number of hydrogen-bond donors (Lipinski definition) is 2. The first-order chi connectivity index (χ1) is 13.2. The number of anilines is 2. The summed E-state index contributed by atoms with van der Waals surface area (Å²) in [5.74, 6) is 1.35. The average molecular weight is 367 g/mol. The van der Waals surface area contributed by atoms with Crippen molar-refractivity contribution in [1.29, 1.82) is 0 Å². The van der Waals surface area contributed by atoms with Gasteiger partial charge in [-0.2, -0.15) is 0 Å². The van der Waals surface area contributed by atoms with Crippen molar-refractivity contribution in [2.45, 2.75) is 45.7 Å². The Morgan fingerprint density at radius 3 is 2.63 bits per heavy atom. The molecule has 1 aromatic carbocycles. The van der Waals surface area contributed by atoms with Gasteiger partial charge in [-0.05, 0) is 49.1 Å².